The van der Waals surface area contributed by atoms with Crippen molar-refractivity contribution in [2.75, 3.05) is 0 Å². The number of ether oxygens (including phenoxy) is 1. The van der Waals surface area contributed by atoms with Gasteiger partial charge in [-0.2, -0.15) is 0 Å². The van der Waals surface area contributed by atoms with Crippen LogP contribution in [0.5, 0.6) is 5.75 Å². The largest absolute Gasteiger partial charge is 0.489 e. The second-order valence-corrected chi connectivity index (χ2v) is 4.58. The molecule has 2 nitrogen and oxygen atoms in total. The summed E-state index contributed by atoms with van der Waals surface area (Å²) < 4.78 is 5.77. The van der Waals surface area contributed by atoms with Gasteiger partial charge in [-0.1, -0.05) is 36.4 Å². The molecule has 0 aliphatic carbocycles. The van der Waals surface area contributed by atoms with Gasteiger partial charge in [0.25, 0.3) is 0 Å². The van der Waals surface area contributed by atoms with Crippen LogP contribution in [0, 0.1) is 6.92 Å². The molecule has 0 amide bonds. The molecule has 18 heavy (non-hydrogen) atoms. The zero-order valence-corrected chi connectivity index (χ0v) is 10.9. The number of rotatable bonds is 4. The molecule has 0 spiro atoms. The lowest BCUT2D eigenvalue weighted by Gasteiger charge is -2.12. The van der Waals surface area contributed by atoms with E-state index in [-0.39, 0.29) is 6.04 Å². The number of hydrogen-bond acceptors (Lipinski definition) is 2. The Morgan fingerprint density at radius 1 is 1.11 bits per heavy atom. The van der Waals surface area contributed by atoms with Crippen LogP contribution in [0.2, 0.25) is 0 Å². The van der Waals surface area contributed by atoms with Gasteiger partial charge in [-0.05, 0) is 42.7 Å². The van der Waals surface area contributed by atoms with Gasteiger partial charge >= 0.3 is 0 Å². The van der Waals surface area contributed by atoms with Crippen LogP contribution in [0.1, 0.15) is 29.7 Å². The molecule has 0 fully saturated rings. The lowest BCUT2D eigenvalue weighted by molar-refractivity contribution is 0.306. The van der Waals surface area contributed by atoms with Crippen LogP contribution in [0.3, 0.4) is 0 Å². The van der Waals surface area contributed by atoms with Crippen molar-refractivity contribution in [2.24, 2.45) is 5.73 Å². The Hall–Kier alpha value is -1.80. The molecule has 0 saturated carbocycles. The summed E-state index contributed by atoms with van der Waals surface area (Å²) in [7, 11) is 0. The van der Waals surface area contributed by atoms with Gasteiger partial charge in [-0.25, -0.2) is 0 Å². The van der Waals surface area contributed by atoms with Gasteiger partial charge < -0.3 is 10.5 Å². The van der Waals surface area contributed by atoms with Gasteiger partial charge in [0.15, 0.2) is 0 Å². The summed E-state index contributed by atoms with van der Waals surface area (Å²) in [6, 6.07) is 16.3. The molecule has 0 radical (unpaired) electrons. The van der Waals surface area contributed by atoms with Crippen LogP contribution in [-0.2, 0) is 6.61 Å². The van der Waals surface area contributed by atoms with Crippen molar-refractivity contribution >= 4 is 0 Å². The minimum Gasteiger partial charge on any atom is -0.489 e. The van der Waals surface area contributed by atoms with Crippen molar-refractivity contribution in [1.29, 1.82) is 0 Å². The first-order chi connectivity index (χ1) is 8.66. The summed E-state index contributed by atoms with van der Waals surface area (Å²) in [4.78, 5) is 0. The number of hydrogen-bond donors (Lipinski definition) is 1. The molecule has 0 aliphatic rings. The van der Waals surface area contributed by atoms with Gasteiger partial charge in [0.2, 0.25) is 0 Å². The highest BCUT2D eigenvalue weighted by atomic mass is 16.5. The van der Waals surface area contributed by atoms with E-state index in [0.717, 1.165) is 5.75 Å². The van der Waals surface area contributed by atoms with Crippen molar-refractivity contribution in [2.45, 2.75) is 26.5 Å². The standard InChI is InChI=1S/C16H19NO/c1-12-10-15(8-9-16(12)13(2)17)18-11-14-6-4-3-5-7-14/h3-10,13H,11,17H2,1-2H3/t13-/m1/s1. The molecule has 2 rings (SSSR count). The van der Waals surface area contributed by atoms with E-state index >= 15 is 0 Å². The Kier molecular flexibility index (Phi) is 4.00. The van der Waals surface area contributed by atoms with Crippen LogP contribution < -0.4 is 10.5 Å². The summed E-state index contributed by atoms with van der Waals surface area (Å²) >= 11 is 0. The van der Waals surface area contributed by atoms with Crippen molar-refractivity contribution in [3.05, 3.63) is 65.2 Å². The van der Waals surface area contributed by atoms with E-state index in [9.17, 15) is 0 Å². The van der Waals surface area contributed by atoms with Crippen LogP contribution >= 0.6 is 0 Å². The fraction of sp³-hybridized carbons (Fsp3) is 0.250. The Morgan fingerprint density at radius 3 is 2.44 bits per heavy atom. The zero-order valence-electron chi connectivity index (χ0n) is 10.9. The van der Waals surface area contributed by atoms with Crippen molar-refractivity contribution in [3.8, 4) is 5.75 Å². The van der Waals surface area contributed by atoms with Crippen molar-refractivity contribution in [3.63, 3.8) is 0 Å². The highest BCUT2D eigenvalue weighted by Crippen LogP contribution is 2.21. The number of benzene rings is 2. The van der Waals surface area contributed by atoms with Crippen LogP contribution in [0.4, 0.5) is 0 Å². The topological polar surface area (TPSA) is 35.2 Å². The van der Waals surface area contributed by atoms with Crippen molar-refractivity contribution < 1.29 is 4.74 Å². The van der Waals surface area contributed by atoms with E-state index in [4.69, 9.17) is 10.5 Å². The normalized spacial score (nSPS) is 12.2. The minimum absolute atomic E-state index is 0.0631. The van der Waals surface area contributed by atoms with Crippen LogP contribution in [0.15, 0.2) is 48.5 Å². The third kappa shape index (κ3) is 3.11. The minimum atomic E-state index is 0.0631. The zero-order chi connectivity index (χ0) is 13.0. The monoisotopic (exact) mass is 241 g/mol. The van der Waals surface area contributed by atoms with Gasteiger partial charge in [0.05, 0.1) is 0 Å². The molecule has 0 heterocycles. The quantitative estimate of drug-likeness (QED) is 0.887. The third-order valence-corrected chi connectivity index (χ3v) is 2.98. The SMILES string of the molecule is Cc1cc(OCc2ccccc2)ccc1[C@@H](C)N. The maximum Gasteiger partial charge on any atom is 0.120 e. The fourth-order valence-electron chi connectivity index (χ4n) is 1.99. The maximum absolute atomic E-state index is 5.89. The molecule has 2 N–H and O–H groups in total. The maximum atomic E-state index is 5.89. The highest BCUT2D eigenvalue weighted by molar-refractivity contribution is 5.36. The molecule has 0 bridgehead atoms. The highest BCUT2D eigenvalue weighted by Gasteiger charge is 2.04. The molecule has 0 aromatic heterocycles. The molecule has 0 unspecified atom stereocenters. The first-order valence-corrected chi connectivity index (χ1v) is 6.19. The average Bonchev–Trinajstić information content (AvgIpc) is 2.37. The summed E-state index contributed by atoms with van der Waals surface area (Å²) in [6.07, 6.45) is 0. The first-order valence-electron chi connectivity index (χ1n) is 6.19. The molecule has 2 aromatic carbocycles. The predicted octanol–water partition coefficient (Wildman–Crippen LogP) is 3.59. The molecule has 0 aliphatic heterocycles. The summed E-state index contributed by atoms with van der Waals surface area (Å²) in [5, 5.41) is 0. The smallest absolute Gasteiger partial charge is 0.120 e. The van der Waals surface area contributed by atoms with E-state index in [1.54, 1.807) is 0 Å². The molecule has 2 aromatic rings. The Balaban J connectivity index is 2.05. The van der Waals surface area contributed by atoms with E-state index in [0.29, 0.717) is 6.61 Å². The van der Waals surface area contributed by atoms with Gasteiger partial charge in [-0.15, -0.1) is 0 Å². The first kappa shape index (κ1) is 12.7. The second-order valence-electron chi connectivity index (χ2n) is 4.58. The molecule has 2 heteroatoms. The predicted molar refractivity (Wildman–Crippen MR) is 74.6 cm³/mol. The molecule has 94 valence electrons. The molecular formula is C16H19NO. The molecule has 1 atom stereocenters. The van der Waals surface area contributed by atoms with E-state index in [2.05, 4.69) is 19.1 Å². The number of aryl methyl sites for hydroxylation is 1. The fourth-order valence-corrected chi connectivity index (χ4v) is 1.99. The molecular weight excluding hydrogens is 222 g/mol. The van der Waals surface area contributed by atoms with E-state index < -0.39 is 0 Å². The second kappa shape index (κ2) is 5.69. The van der Waals surface area contributed by atoms with E-state index in [1.807, 2.05) is 43.3 Å². The number of nitrogens with two attached hydrogens (primary N) is 1. The lowest BCUT2D eigenvalue weighted by Crippen LogP contribution is -2.07. The van der Waals surface area contributed by atoms with Gasteiger partial charge in [0.1, 0.15) is 12.4 Å². The summed E-state index contributed by atoms with van der Waals surface area (Å²) in [5.74, 6) is 0.890. The summed E-state index contributed by atoms with van der Waals surface area (Å²) in [5.41, 5.74) is 9.41. The van der Waals surface area contributed by atoms with E-state index in [1.165, 1.54) is 16.7 Å². The Labute approximate surface area is 108 Å². The Morgan fingerprint density at radius 2 is 1.83 bits per heavy atom. The lowest BCUT2D eigenvalue weighted by atomic mass is 10.0. The Bertz CT molecular complexity index is 506. The third-order valence-electron chi connectivity index (χ3n) is 2.98. The molecule has 0 saturated heterocycles. The average molecular weight is 241 g/mol. The van der Waals surface area contributed by atoms with Crippen LogP contribution in [0.25, 0.3) is 0 Å². The van der Waals surface area contributed by atoms with Crippen LogP contribution in [-0.4, -0.2) is 0 Å². The van der Waals surface area contributed by atoms with Crippen molar-refractivity contribution in [1.82, 2.24) is 0 Å². The van der Waals surface area contributed by atoms with Gasteiger partial charge in [-0.3, -0.25) is 0 Å². The van der Waals surface area contributed by atoms with Gasteiger partial charge in [0, 0.05) is 6.04 Å². The summed E-state index contributed by atoms with van der Waals surface area (Å²) in [6.45, 7) is 4.65.